The molecule has 136 valence electrons. The SMILES string of the molecule is Cc1ccc2nc(C3CCN(CC(=O)NCc4cccs4)CC3)[nH]c2c1. The van der Waals surface area contributed by atoms with Crippen molar-refractivity contribution in [1.82, 2.24) is 20.2 Å². The minimum Gasteiger partial charge on any atom is -0.350 e. The van der Waals surface area contributed by atoms with Crippen LogP contribution in [0.1, 0.15) is 35.0 Å². The van der Waals surface area contributed by atoms with Crippen LogP contribution in [0.4, 0.5) is 0 Å². The average Bonchev–Trinajstić information content (AvgIpc) is 3.29. The molecule has 0 saturated carbocycles. The summed E-state index contributed by atoms with van der Waals surface area (Å²) in [6.07, 6.45) is 2.08. The summed E-state index contributed by atoms with van der Waals surface area (Å²) >= 11 is 1.67. The fraction of sp³-hybridized carbons (Fsp3) is 0.400. The van der Waals surface area contributed by atoms with E-state index in [1.165, 1.54) is 10.4 Å². The number of nitrogens with one attached hydrogen (secondary N) is 2. The Kier molecular flexibility index (Phi) is 5.04. The molecule has 5 nitrogen and oxygen atoms in total. The molecule has 0 radical (unpaired) electrons. The van der Waals surface area contributed by atoms with Gasteiger partial charge in [0.15, 0.2) is 0 Å². The average molecular weight is 369 g/mol. The van der Waals surface area contributed by atoms with Crippen molar-refractivity contribution in [2.24, 2.45) is 0 Å². The number of aromatic amines is 1. The second-order valence-electron chi connectivity index (χ2n) is 7.05. The van der Waals surface area contributed by atoms with Crippen molar-refractivity contribution in [2.45, 2.75) is 32.2 Å². The van der Waals surface area contributed by atoms with Crippen LogP contribution in [-0.4, -0.2) is 40.4 Å². The number of carbonyl (C=O) groups excluding carboxylic acids is 1. The largest absolute Gasteiger partial charge is 0.350 e. The number of hydrogen-bond donors (Lipinski definition) is 2. The Morgan fingerprint density at radius 3 is 2.96 bits per heavy atom. The van der Waals surface area contributed by atoms with Gasteiger partial charge in [0.1, 0.15) is 5.82 Å². The maximum Gasteiger partial charge on any atom is 0.234 e. The van der Waals surface area contributed by atoms with E-state index in [1.54, 1.807) is 11.3 Å². The van der Waals surface area contributed by atoms with Crippen molar-refractivity contribution in [3.8, 4) is 0 Å². The molecule has 0 unspecified atom stereocenters. The number of aryl methyl sites for hydroxylation is 1. The van der Waals surface area contributed by atoms with Crippen molar-refractivity contribution in [2.75, 3.05) is 19.6 Å². The molecule has 3 heterocycles. The summed E-state index contributed by atoms with van der Waals surface area (Å²) in [6, 6.07) is 10.4. The summed E-state index contributed by atoms with van der Waals surface area (Å²) in [5, 5.41) is 5.04. The highest BCUT2D eigenvalue weighted by Crippen LogP contribution is 2.27. The Morgan fingerprint density at radius 2 is 2.19 bits per heavy atom. The molecule has 0 spiro atoms. The lowest BCUT2D eigenvalue weighted by Gasteiger charge is -2.30. The van der Waals surface area contributed by atoms with Gasteiger partial charge in [0.05, 0.1) is 24.1 Å². The van der Waals surface area contributed by atoms with Crippen molar-refractivity contribution in [3.05, 3.63) is 52.0 Å². The number of nitrogens with zero attached hydrogens (tertiary/aromatic N) is 2. The predicted molar refractivity (Wildman–Crippen MR) is 105 cm³/mol. The highest BCUT2D eigenvalue weighted by molar-refractivity contribution is 7.09. The fourth-order valence-electron chi connectivity index (χ4n) is 3.56. The van der Waals surface area contributed by atoms with Crippen LogP contribution in [0, 0.1) is 6.92 Å². The summed E-state index contributed by atoms with van der Waals surface area (Å²) in [5.41, 5.74) is 3.41. The molecule has 1 saturated heterocycles. The van der Waals surface area contributed by atoms with Crippen molar-refractivity contribution < 1.29 is 4.79 Å². The van der Waals surface area contributed by atoms with Gasteiger partial charge >= 0.3 is 0 Å². The van der Waals surface area contributed by atoms with Crippen LogP contribution in [0.5, 0.6) is 0 Å². The number of H-pyrrole nitrogens is 1. The summed E-state index contributed by atoms with van der Waals surface area (Å²) < 4.78 is 0. The number of carbonyl (C=O) groups is 1. The molecule has 0 bridgehead atoms. The Bertz CT molecular complexity index is 878. The second-order valence-corrected chi connectivity index (χ2v) is 8.08. The molecule has 6 heteroatoms. The third-order valence-corrected chi connectivity index (χ3v) is 5.91. The number of benzene rings is 1. The van der Waals surface area contributed by atoms with Crippen molar-refractivity contribution in [1.29, 1.82) is 0 Å². The van der Waals surface area contributed by atoms with Crippen LogP contribution >= 0.6 is 11.3 Å². The van der Waals surface area contributed by atoms with Crippen LogP contribution < -0.4 is 5.32 Å². The molecule has 26 heavy (non-hydrogen) atoms. The van der Waals surface area contributed by atoms with Crippen molar-refractivity contribution in [3.63, 3.8) is 0 Å². The van der Waals surface area contributed by atoms with Crippen LogP contribution in [0.3, 0.4) is 0 Å². The summed E-state index contributed by atoms with van der Waals surface area (Å²) in [7, 11) is 0. The summed E-state index contributed by atoms with van der Waals surface area (Å²) in [5.74, 6) is 1.65. The topological polar surface area (TPSA) is 61.0 Å². The Morgan fingerprint density at radius 1 is 1.35 bits per heavy atom. The van der Waals surface area contributed by atoms with E-state index >= 15 is 0 Å². The normalized spacial score (nSPS) is 16.2. The van der Waals surface area contributed by atoms with Crippen LogP contribution in [0.25, 0.3) is 11.0 Å². The zero-order chi connectivity index (χ0) is 17.9. The monoisotopic (exact) mass is 368 g/mol. The molecule has 1 aliphatic heterocycles. The highest BCUT2D eigenvalue weighted by Gasteiger charge is 2.24. The van der Waals surface area contributed by atoms with E-state index in [0.717, 1.165) is 42.8 Å². The van der Waals surface area contributed by atoms with Gasteiger partial charge < -0.3 is 10.3 Å². The maximum atomic E-state index is 12.1. The van der Waals surface area contributed by atoms with E-state index in [0.29, 0.717) is 19.0 Å². The van der Waals surface area contributed by atoms with E-state index in [1.807, 2.05) is 17.5 Å². The summed E-state index contributed by atoms with van der Waals surface area (Å²) in [4.78, 5) is 23.8. The van der Waals surface area contributed by atoms with E-state index in [4.69, 9.17) is 4.98 Å². The molecular formula is C20H24N4OS. The molecule has 2 aromatic heterocycles. The number of thiophene rings is 1. The van der Waals surface area contributed by atoms with Crippen LogP contribution in [0.2, 0.25) is 0 Å². The lowest BCUT2D eigenvalue weighted by molar-refractivity contribution is -0.122. The minimum atomic E-state index is 0.107. The Balaban J connectivity index is 1.28. The second kappa shape index (κ2) is 7.60. The molecule has 1 aromatic carbocycles. The smallest absolute Gasteiger partial charge is 0.234 e. The number of amides is 1. The zero-order valence-corrected chi connectivity index (χ0v) is 15.8. The number of imidazole rings is 1. The van der Waals surface area contributed by atoms with Gasteiger partial charge in [0.25, 0.3) is 0 Å². The zero-order valence-electron chi connectivity index (χ0n) is 15.0. The minimum absolute atomic E-state index is 0.107. The quantitative estimate of drug-likeness (QED) is 0.725. The van der Waals surface area contributed by atoms with Gasteiger partial charge in [-0.05, 0) is 62.0 Å². The first-order valence-corrected chi connectivity index (χ1v) is 10.0. The Hall–Kier alpha value is -2.18. The molecule has 0 aliphatic carbocycles. The molecule has 1 fully saturated rings. The molecule has 4 rings (SSSR count). The fourth-order valence-corrected chi connectivity index (χ4v) is 4.20. The van der Waals surface area contributed by atoms with Gasteiger partial charge in [-0.25, -0.2) is 4.98 Å². The van der Waals surface area contributed by atoms with E-state index < -0.39 is 0 Å². The lowest BCUT2D eigenvalue weighted by Crippen LogP contribution is -2.41. The predicted octanol–water partition coefficient (Wildman–Crippen LogP) is 3.43. The molecule has 1 aliphatic rings. The first-order valence-electron chi connectivity index (χ1n) is 9.15. The third-order valence-electron chi connectivity index (χ3n) is 5.04. The molecule has 3 aromatic rings. The van der Waals surface area contributed by atoms with Gasteiger partial charge in [0.2, 0.25) is 5.91 Å². The molecular weight excluding hydrogens is 344 g/mol. The first-order chi connectivity index (χ1) is 12.7. The standard InChI is InChI=1S/C20H24N4OS/c1-14-4-5-17-18(11-14)23-20(22-17)15-6-8-24(9-7-15)13-19(25)21-12-16-3-2-10-26-16/h2-5,10-11,15H,6-9,12-13H2,1H3,(H,21,25)(H,22,23). The lowest BCUT2D eigenvalue weighted by atomic mass is 9.96. The van der Waals surface area contributed by atoms with Gasteiger partial charge in [0, 0.05) is 10.8 Å². The molecule has 2 N–H and O–H groups in total. The molecule has 1 amide bonds. The van der Waals surface area contributed by atoms with E-state index in [2.05, 4.69) is 40.3 Å². The van der Waals surface area contributed by atoms with Gasteiger partial charge in [-0.15, -0.1) is 11.3 Å². The van der Waals surface area contributed by atoms with Gasteiger partial charge in [-0.2, -0.15) is 0 Å². The van der Waals surface area contributed by atoms with E-state index in [9.17, 15) is 4.79 Å². The Labute approximate surface area is 157 Å². The number of hydrogen-bond acceptors (Lipinski definition) is 4. The number of rotatable bonds is 5. The third kappa shape index (κ3) is 3.97. The van der Waals surface area contributed by atoms with Crippen LogP contribution in [0.15, 0.2) is 35.7 Å². The summed E-state index contributed by atoms with van der Waals surface area (Å²) in [6.45, 7) is 5.09. The number of likely N-dealkylation sites (tertiary alicyclic amines) is 1. The number of fused-ring (bicyclic) bond motifs is 1. The molecule has 0 atom stereocenters. The van der Waals surface area contributed by atoms with Crippen LogP contribution in [-0.2, 0) is 11.3 Å². The number of piperidine rings is 1. The first kappa shape index (κ1) is 17.2. The highest BCUT2D eigenvalue weighted by atomic mass is 32.1. The van der Waals surface area contributed by atoms with Gasteiger partial charge in [-0.3, -0.25) is 9.69 Å². The van der Waals surface area contributed by atoms with Gasteiger partial charge in [-0.1, -0.05) is 12.1 Å². The number of aromatic nitrogens is 2. The van der Waals surface area contributed by atoms with E-state index in [-0.39, 0.29) is 5.91 Å². The van der Waals surface area contributed by atoms with Crippen molar-refractivity contribution >= 4 is 28.3 Å². The maximum absolute atomic E-state index is 12.1.